The number of carbonyl (C=O) groups excluding carboxylic acids is 4. The van der Waals surface area contributed by atoms with Gasteiger partial charge in [-0.05, 0) is 6.92 Å². The third-order valence-corrected chi connectivity index (χ3v) is 3.48. The smallest absolute Gasteiger partial charge is 0.303 e. The van der Waals surface area contributed by atoms with Crippen molar-refractivity contribution in [2.24, 2.45) is 0 Å². The fourth-order valence-corrected chi connectivity index (χ4v) is 2.70. The number of methoxy groups -OCH3 is 1. The van der Waals surface area contributed by atoms with Crippen molar-refractivity contribution in [3.05, 3.63) is 0 Å². The Kier molecular flexibility index (Phi) is 7.97. The molecule has 0 saturated carbocycles. The van der Waals surface area contributed by atoms with Crippen LogP contribution in [0.3, 0.4) is 0 Å². The summed E-state index contributed by atoms with van der Waals surface area (Å²) in [4.78, 5) is 45.7. The Morgan fingerprint density at radius 3 is 1.73 bits per heavy atom. The maximum Gasteiger partial charge on any atom is 0.303 e. The summed E-state index contributed by atoms with van der Waals surface area (Å²) in [5.41, 5.74) is 0. The lowest BCUT2D eigenvalue weighted by Gasteiger charge is -2.30. The van der Waals surface area contributed by atoms with E-state index in [9.17, 15) is 19.2 Å². The molecule has 0 radical (unpaired) electrons. The highest BCUT2D eigenvalue weighted by Gasteiger charge is 2.55. The molecule has 0 N–H and O–H groups in total. The van der Waals surface area contributed by atoms with E-state index in [-0.39, 0.29) is 0 Å². The van der Waals surface area contributed by atoms with Crippen molar-refractivity contribution in [3.8, 4) is 0 Å². The van der Waals surface area contributed by atoms with Gasteiger partial charge in [-0.3, -0.25) is 19.2 Å². The first-order chi connectivity index (χ1) is 12.1. The van der Waals surface area contributed by atoms with E-state index in [0.29, 0.717) is 0 Å². The molecule has 1 aliphatic heterocycles. The molecule has 0 spiro atoms. The van der Waals surface area contributed by atoms with E-state index in [4.69, 9.17) is 28.4 Å². The van der Waals surface area contributed by atoms with Gasteiger partial charge in [0.2, 0.25) is 0 Å². The van der Waals surface area contributed by atoms with Crippen molar-refractivity contribution >= 4 is 23.9 Å². The minimum atomic E-state index is -1.14. The quantitative estimate of drug-likeness (QED) is 0.446. The molecule has 0 aromatic rings. The Morgan fingerprint density at radius 1 is 0.808 bits per heavy atom. The monoisotopic (exact) mass is 376 g/mol. The van der Waals surface area contributed by atoms with Crippen LogP contribution in [0.1, 0.15) is 34.6 Å². The van der Waals surface area contributed by atoms with Crippen molar-refractivity contribution in [3.63, 3.8) is 0 Å². The number of hydrogen-bond donors (Lipinski definition) is 0. The van der Waals surface area contributed by atoms with E-state index in [1.165, 1.54) is 41.7 Å². The molecule has 1 rings (SSSR count). The second kappa shape index (κ2) is 9.48. The third-order valence-electron chi connectivity index (χ3n) is 3.48. The fourth-order valence-electron chi connectivity index (χ4n) is 2.70. The van der Waals surface area contributed by atoms with E-state index in [1.807, 2.05) is 0 Å². The van der Waals surface area contributed by atoms with Crippen molar-refractivity contribution in [1.82, 2.24) is 0 Å². The van der Waals surface area contributed by atoms with Crippen LogP contribution in [-0.4, -0.2) is 67.8 Å². The van der Waals surface area contributed by atoms with Crippen LogP contribution < -0.4 is 0 Å². The van der Waals surface area contributed by atoms with Gasteiger partial charge in [0.25, 0.3) is 0 Å². The zero-order valence-electron chi connectivity index (χ0n) is 15.5. The summed E-state index contributed by atoms with van der Waals surface area (Å²) in [5, 5.41) is 0. The van der Waals surface area contributed by atoms with Crippen LogP contribution in [-0.2, 0) is 47.6 Å². The Balaban J connectivity index is 3.21. The molecule has 10 nitrogen and oxygen atoms in total. The molecule has 1 saturated heterocycles. The lowest BCUT2D eigenvalue weighted by Crippen LogP contribution is -2.49. The number of carbonyl (C=O) groups is 4. The fraction of sp³-hybridized carbons (Fsp3) is 0.750. The molecule has 0 aromatic carbocycles. The number of hydrogen-bond acceptors (Lipinski definition) is 10. The molecule has 1 heterocycles. The predicted molar refractivity (Wildman–Crippen MR) is 83.6 cm³/mol. The standard InChI is InChI=1S/C16H24O10/c1-7(22-8(2)17)12(23-9(3)18)13-14(24-10(4)19)15(25-11(5)20)16(21-6)26-13/h7,12-16H,1-6H3/t7-,12+,13-,14+,15+,16-/m1/s1. The summed E-state index contributed by atoms with van der Waals surface area (Å²) in [5.74, 6) is -2.57. The highest BCUT2D eigenvalue weighted by atomic mass is 16.7. The molecule has 26 heavy (non-hydrogen) atoms. The Morgan fingerprint density at radius 2 is 1.31 bits per heavy atom. The second-order valence-electron chi connectivity index (χ2n) is 5.74. The average Bonchev–Trinajstić information content (AvgIpc) is 2.80. The average molecular weight is 376 g/mol. The summed E-state index contributed by atoms with van der Waals surface area (Å²) in [7, 11) is 1.31. The summed E-state index contributed by atoms with van der Waals surface area (Å²) in [6.07, 6.45) is -6.44. The maximum atomic E-state index is 11.5. The molecule has 1 fully saturated rings. The molecule has 10 heteroatoms. The Hall–Kier alpha value is -2.20. The van der Waals surface area contributed by atoms with Gasteiger partial charge in [-0.2, -0.15) is 0 Å². The van der Waals surface area contributed by atoms with Crippen molar-refractivity contribution < 1.29 is 47.6 Å². The van der Waals surface area contributed by atoms with Gasteiger partial charge in [0.05, 0.1) is 0 Å². The molecule has 1 aliphatic rings. The third kappa shape index (κ3) is 5.95. The molecule has 148 valence electrons. The van der Waals surface area contributed by atoms with Gasteiger partial charge in [-0.25, -0.2) is 0 Å². The Labute approximate surface area is 151 Å². The zero-order chi connectivity index (χ0) is 20.0. The number of esters is 4. The van der Waals surface area contributed by atoms with E-state index in [0.717, 1.165) is 0 Å². The van der Waals surface area contributed by atoms with E-state index in [2.05, 4.69) is 0 Å². The zero-order valence-corrected chi connectivity index (χ0v) is 15.5. The topological polar surface area (TPSA) is 124 Å². The van der Waals surface area contributed by atoms with Gasteiger partial charge in [-0.1, -0.05) is 0 Å². The van der Waals surface area contributed by atoms with Crippen LogP contribution in [0.4, 0.5) is 0 Å². The molecular weight excluding hydrogens is 352 g/mol. The van der Waals surface area contributed by atoms with E-state index >= 15 is 0 Å². The van der Waals surface area contributed by atoms with Gasteiger partial charge >= 0.3 is 23.9 Å². The highest BCUT2D eigenvalue weighted by Crippen LogP contribution is 2.32. The maximum absolute atomic E-state index is 11.5. The number of ether oxygens (including phenoxy) is 6. The van der Waals surface area contributed by atoms with Crippen LogP contribution >= 0.6 is 0 Å². The SMILES string of the molecule is CO[C@@H]1O[C@H]([C@@H](OC(C)=O)[C@@H](C)OC(C)=O)[C@H](OC(C)=O)[C@@H]1OC(C)=O. The van der Waals surface area contributed by atoms with Gasteiger partial charge in [0.15, 0.2) is 24.6 Å². The molecule has 0 aromatic heterocycles. The first-order valence-electron chi connectivity index (χ1n) is 7.94. The van der Waals surface area contributed by atoms with Crippen LogP contribution in [0.5, 0.6) is 0 Å². The second-order valence-corrected chi connectivity index (χ2v) is 5.74. The lowest BCUT2D eigenvalue weighted by molar-refractivity contribution is -0.199. The molecule has 6 atom stereocenters. The summed E-state index contributed by atoms with van der Waals surface area (Å²) in [6, 6.07) is 0. The number of rotatable bonds is 7. The van der Waals surface area contributed by atoms with E-state index < -0.39 is 60.7 Å². The van der Waals surface area contributed by atoms with Crippen LogP contribution in [0.15, 0.2) is 0 Å². The minimum absolute atomic E-state index is 0.600. The molecular formula is C16H24O10. The van der Waals surface area contributed by atoms with Gasteiger partial charge in [-0.15, -0.1) is 0 Å². The van der Waals surface area contributed by atoms with Crippen LogP contribution in [0.2, 0.25) is 0 Å². The lowest BCUT2D eigenvalue weighted by atomic mass is 10.0. The minimum Gasteiger partial charge on any atom is -0.459 e. The Bertz CT molecular complexity index is 545. The first-order valence-corrected chi connectivity index (χ1v) is 7.94. The van der Waals surface area contributed by atoms with Gasteiger partial charge in [0, 0.05) is 34.8 Å². The predicted octanol–water partition coefficient (Wildman–Crippen LogP) is 0.104. The first kappa shape index (κ1) is 21.8. The molecule has 0 unspecified atom stereocenters. The summed E-state index contributed by atoms with van der Waals surface area (Å²) < 4.78 is 31.5. The normalized spacial score (nSPS) is 27.2. The summed E-state index contributed by atoms with van der Waals surface area (Å²) >= 11 is 0. The highest BCUT2D eigenvalue weighted by molar-refractivity contribution is 5.68. The van der Waals surface area contributed by atoms with Gasteiger partial charge in [0.1, 0.15) is 12.2 Å². The van der Waals surface area contributed by atoms with Crippen molar-refractivity contribution in [2.75, 3.05) is 7.11 Å². The van der Waals surface area contributed by atoms with Crippen molar-refractivity contribution in [2.45, 2.75) is 71.4 Å². The summed E-state index contributed by atoms with van der Waals surface area (Å²) in [6.45, 7) is 6.19. The van der Waals surface area contributed by atoms with Crippen LogP contribution in [0.25, 0.3) is 0 Å². The van der Waals surface area contributed by atoms with Crippen LogP contribution in [0, 0.1) is 0 Å². The van der Waals surface area contributed by atoms with Gasteiger partial charge < -0.3 is 28.4 Å². The molecule has 0 bridgehead atoms. The largest absolute Gasteiger partial charge is 0.459 e. The van der Waals surface area contributed by atoms with E-state index in [1.54, 1.807) is 0 Å². The molecule has 0 amide bonds. The molecule has 0 aliphatic carbocycles. The van der Waals surface area contributed by atoms with Crippen molar-refractivity contribution in [1.29, 1.82) is 0 Å².